The summed E-state index contributed by atoms with van der Waals surface area (Å²) in [7, 11) is -1.33. The molecule has 0 radical (unpaired) electrons. The van der Waals surface area contributed by atoms with Crippen molar-refractivity contribution in [1.29, 1.82) is 0 Å². The zero-order chi connectivity index (χ0) is 23.1. The van der Waals surface area contributed by atoms with Crippen molar-refractivity contribution in [3.8, 4) is 11.4 Å². The Balaban J connectivity index is 1.59. The van der Waals surface area contributed by atoms with Gasteiger partial charge in [-0.15, -0.1) is 0 Å². The number of carboxylic acid groups (broad SMARTS) is 1. The fourth-order valence-corrected chi connectivity index (χ4v) is 4.11. The second-order valence-corrected chi connectivity index (χ2v) is 8.25. The molecule has 2 aromatic carbocycles. The van der Waals surface area contributed by atoms with Gasteiger partial charge in [0.2, 0.25) is 5.16 Å². The number of hydrogen-bond acceptors (Lipinski definition) is 6. The molecule has 1 aromatic heterocycles. The van der Waals surface area contributed by atoms with E-state index in [1.54, 1.807) is 30.6 Å². The Morgan fingerprint density at radius 1 is 1.28 bits per heavy atom. The highest BCUT2D eigenvalue weighted by molar-refractivity contribution is 7.84. The summed E-state index contributed by atoms with van der Waals surface area (Å²) in [5.41, 5.74) is 1.37. The third kappa shape index (κ3) is 5.67. The zero-order valence-corrected chi connectivity index (χ0v) is 18.0. The van der Waals surface area contributed by atoms with Crippen molar-refractivity contribution in [3.05, 3.63) is 87.9 Å². The molecule has 0 bridgehead atoms. The van der Waals surface area contributed by atoms with E-state index < -0.39 is 27.4 Å². The molecule has 1 unspecified atom stereocenters. The number of imidazole rings is 1. The smallest absolute Gasteiger partial charge is 0.407 e. The first kappa shape index (κ1) is 22.9. The first-order valence-corrected chi connectivity index (χ1v) is 11.0. The zero-order valence-electron chi connectivity index (χ0n) is 17.2. The normalized spacial score (nSPS) is 12.3. The Labute approximate surface area is 186 Å². The number of benzene rings is 2. The highest BCUT2D eigenvalue weighted by Gasteiger charge is 2.20. The minimum absolute atomic E-state index is 0.269. The van der Waals surface area contributed by atoms with E-state index in [1.165, 1.54) is 6.07 Å². The van der Waals surface area contributed by atoms with E-state index in [-0.39, 0.29) is 6.61 Å². The maximum atomic E-state index is 12.8. The molecule has 0 aliphatic heterocycles. The average Bonchev–Trinajstić information content (AvgIpc) is 3.25. The van der Waals surface area contributed by atoms with Gasteiger partial charge in [-0.25, -0.2) is 9.78 Å². The lowest BCUT2D eigenvalue weighted by atomic mass is 10.2. The molecule has 10 heteroatoms. The van der Waals surface area contributed by atoms with Crippen molar-refractivity contribution in [2.45, 2.75) is 18.5 Å². The number of aromatic nitrogens is 2. The van der Waals surface area contributed by atoms with Gasteiger partial charge in [0.05, 0.1) is 28.0 Å². The molecule has 3 rings (SSSR count). The molecule has 0 fully saturated rings. The van der Waals surface area contributed by atoms with E-state index in [4.69, 9.17) is 9.84 Å². The molecule has 0 saturated heterocycles. The summed E-state index contributed by atoms with van der Waals surface area (Å²) in [5, 5.41) is 20.2. The molecule has 0 aliphatic rings. The number of carboxylic acids is 1. The van der Waals surface area contributed by atoms with E-state index in [1.807, 2.05) is 35.8 Å². The van der Waals surface area contributed by atoms with Gasteiger partial charge in [-0.3, -0.25) is 18.9 Å². The van der Waals surface area contributed by atoms with Crippen molar-refractivity contribution >= 4 is 22.8 Å². The van der Waals surface area contributed by atoms with Gasteiger partial charge in [-0.1, -0.05) is 30.3 Å². The molecular weight excluding hydrogens is 434 g/mol. The largest absolute Gasteiger partial charge is 0.494 e. The maximum Gasteiger partial charge on any atom is 0.407 e. The molecule has 0 aliphatic carbocycles. The van der Waals surface area contributed by atoms with E-state index in [0.717, 1.165) is 17.3 Å². The molecule has 32 heavy (non-hydrogen) atoms. The van der Waals surface area contributed by atoms with Crippen LogP contribution in [-0.2, 0) is 15.6 Å². The van der Waals surface area contributed by atoms with Crippen LogP contribution in [0.25, 0.3) is 11.8 Å². The number of para-hydroxylation sites is 1. The van der Waals surface area contributed by atoms with E-state index in [9.17, 15) is 19.1 Å². The van der Waals surface area contributed by atoms with Gasteiger partial charge in [0, 0.05) is 24.2 Å². The number of ether oxygens (including phenoxy) is 1. The minimum atomic E-state index is -1.62. The van der Waals surface area contributed by atoms with Crippen molar-refractivity contribution in [2.24, 2.45) is 0 Å². The Morgan fingerprint density at radius 3 is 2.78 bits per heavy atom. The van der Waals surface area contributed by atoms with Gasteiger partial charge in [0.25, 0.3) is 0 Å². The highest BCUT2D eigenvalue weighted by Crippen LogP contribution is 2.19. The van der Waals surface area contributed by atoms with Crippen LogP contribution in [0.2, 0.25) is 0 Å². The topological polar surface area (TPSA) is 125 Å². The number of carbonyl (C=O) groups is 1. The van der Waals surface area contributed by atoms with Crippen molar-refractivity contribution in [1.82, 2.24) is 9.55 Å². The molecule has 0 spiro atoms. The summed E-state index contributed by atoms with van der Waals surface area (Å²) in [6.45, 7) is 2.25. The van der Waals surface area contributed by atoms with Gasteiger partial charge in [-0.05, 0) is 42.7 Å². The molecule has 1 atom stereocenters. The van der Waals surface area contributed by atoms with Gasteiger partial charge in [-0.2, -0.15) is 0 Å². The second kappa shape index (κ2) is 10.5. The van der Waals surface area contributed by atoms with Crippen LogP contribution in [0.4, 0.5) is 0 Å². The lowest BCUT2D eigenvalue weighted by Gasteiger charge is -2.10. The predicted molar refractivity (Wildman–Crippen MR) is 119 cm³/mol. The Hall–Kier alpha value is -3.79. The molecular formula is C22H21N3O6S. The quantitative estimate of drug-likeness (QED) is 0.215. The van der Waals surface area contributed by atoms with Crippen LogP contribution in [-0.4, -0.2) is 42.1 Å². The van der Waals surface area contributed by atoms with Crippen molar-refractivity contribution in [2.75, 3.05) is 12.4 Å². The predicted octanol–water partition coefficient (Wildman–Crippen LogP) is 3.46. The van der Waals surface area contributed by atoms with Crippen LogP contribution < -0.4 is 4.74 Å². The third-order valence-corrected chi connectivity index (χ3v) is 5.87. The number of aryl methyl sites for hydroxylation is 1. The molecule has 1 N–H and O–H groups in total. The molecule has 9 nitrogen and oxygen atoms in total. The first-order valence-electron chi connectivity index (χ1n) is 9.67. The van der Waals surface area contributed by atoms with E-state index in [0.29, 0.717) is 28.6 Å². The lowest BCUT2D eigenvalue weighted by molar-refractivity contribution is -0.419. The molecule has 3 aromatic rings. The summed E-state index contributed by atoms with van der Waals surface area (Å²) in [6, 6.07) is 14.1. The number of aliphatic carboxylic acids is 1. The van der Waals surface area contributed by atoms with Crippen LogP contribution in [0.3, 0.4) is 0 Å². The Morgan fingerprint density at radius 2 is 2.06 bits per heavy atom. The Bertz CT molecular complexity index is 1170. The Kier molecular flexibility index (Phi) is 7.50. The van der Waals surface area contributed by atoms with Crippen LogP contribution in [0.1, 0.15) is 17.5 Å². The van der Waals surface area contributed by atoms with Crippen LogP contribution in [0.15, 0.2) is 71.8 Å². The second-order valence-electron chi connectivity index (χ2n) is 6.78. The fraction of sp³-hybridized carbons (Fsp3) is 0.182. The first-order chi connectivity index (χ1) is 15.4. The summed E-state index contributed by atoms with van der Waals surface area (Å²) in [4.78, 5) is 25.1. The number of rotatable bonds is 10. The SMILES string of the molecule is Cc1ccccc1-n1ccnc1S(=O)CCCOc1cccc(C=C(C(=O)O)[N+](=O)[O-])c1. The van der Waals surface area contributed by atoms with E-state index in [2.05, 4.69) is 4.98 Å². The standard InChI is InChI=1S/C22H21N3O6S/c1-16-6-2-3-9-19(16)24-11-10-23-22(24)32(30)13-5-12-31-18-8-4-7-17(14-18)15-20(21(26)27)25(28)29/h2-4,6-11,14-15H,5,12-13H2,1H3,(H,26,27). The van der Waals surface area contributed by atoms with Crippen molar-refractivity contribution < 1.29 is 23.8 Å². The molecule has 0 amide bonds. The summed E-state index contributed by atoms with van der Waals surface area (Å²) in [6.07, 6.45) is 4.85. The highest BCUT2D eigenvalue weighted by atomic mass is 32.2. The van der Waals surface area contributed by atoms with Gasteiger partial charge in [0.1, 0.15) is 5.75 Å². The van der Waals surface area contributed by atoms with Gasteiger partial charge < -0.3 is 9.84 Å². The van der Waals surface area contributed by atoms with Crippen LogP contribution in [0, 0.1) is 17.0 Å². The van der Waals surface area contributed by atoms with Gasteiger partial charge >= 0.3 is 11.7 Å². The van der Waals surface area contributed by atoms with E-state index >= 15 is 0 Å². The monoisotopic (exact) mass is 455 g/mol. The minimum Gasteiger partial charge on any atom is -0.494 e. The average molecular weight is 455 g/mol. The van der Waals surface area contributed by atoms with Crippen LogP contribution >= 0.6 is 0 Å². The third-order valence-electron chi connectivity index (χ3n) is 4.51. The summed E-state index contributed by atoms with van der Waals surface area (Å²) >= 11 is 0. The lowest BCUT2D eigenvalue weighted by Crippen LogP contribution is -2.10. The fourth-order valence-electron chi connectivity index (χ4n) is 2.99. The van der Waals surface area contributed by atoms with Crippen molar-refractivity contribution in [3.63, 3.8) is 0 Å². The molecule has 1 heterocycles. The number of hydrogen-bond donors (Lipinski definition) is 1. The molecule has 0 saturated carbocycles. The summed E-state index contributed by atoms with van der Waals surface area (Å²) in [5.74, 6) is -0.848. The maximum absolute atomic E-state index is 12.8. The number of nitro groups is 1. The molecule has 166 valence electrons. The van der Waals surface area contributed by atoms with Gasteiger partial charge in [0.15, 0.2) is 0 Å². The van der Waals surface area contributed by atoms with Crippen LogP contribution in [0.5, 0.6) is 5.75 Å². The summed E-state index contributed by atoms with van der Waals surface area (Å²) < 4.78 is 20.2. The number of nitrogens with zero attached hydrogens (tertiary/aromatic N) is 3.